The minimum absolute atomic E-state index is 0.00154. The molecule has 0 aliphatic carbocycles. The molecule has 11 heteroatoms. The van der Waals surface area contributed by atoms with Crippen molar-refractivity contribution in [3.05, 3.63) is 65.7 Å². The van der Waals surface area contributed by atoms with Gasteiger partial charge in [0.1, 0.15) is 17.4 Å². The number of rotatable bonds is 4. The van der Waals surface area contributed by atoms with Crippen LogP contribution in [0.5, 0.6) is 0 Å². The minimum atomic E-state index is -4.86. The monoisotopic (exact) mass is 578 g/mol. The van der Waals surface area contributed by atoms with E-state index in [4.69, 9.17) is 5.48 Å². The van der Waals surface area contributed by atoms with Gasteiger partial charge in [-0.15, -0.1) is 0 Å². The number of benzene rings is 1. The SMILES string of the molecule is [2H]C1([2H])CCCCCCN(C([2H])([2H])CCC(C)=O)c2cccc(n2)S(=O)(=O)Nc2ccc(C(F)(F)F)c(n2)-c2ccccc21. The second kappa shape index (κ2) is 12.8. The van der Waals surface area contributed by atoms with Crippen LogP contribution in [0.4, 0.5) is 24.8 Å². The smallest absolute Gasteiger partial charge is 0.357 e. The third-order valence-corrected chi connectivity index (χ3v) is 7.54. The Kier molecular flexibility index (Phi) is 7.79. The molecular formula is C29H33F3N4O3S. The average Bonchev–Trinajstić information content (AvgIpc) is 2.94. The van der Waals surface area contributed by atoms with Crippen LogP contribution in [0.1, 0.15) is 68.5 Å². The number of anilines is 2. The molecule has 0 saturated carbocycles. The summed E-state index contributed by atoms with van der Waals surface area (Å²) in [5, 5.41) is -0.511. The van der Waals surface area contributed by atoms with Gasteiger partial charge in [-0.2, -0.15) is 21.6 Å². The molecule has 0 spiro atoms. The van der Waals surface area contributed by atoms with Crippen LogP contribution < -0.4 is 9.62 Å². The Morgan fingerprint density at radius 3 is 2.55 bits per heavy atom. The van der Waals surface area contributed by atoms with Crippen molar-refractivity contribution in [2.24, 2.45) is 0 Å². The van der Waals surface area contributed by atoms with E-state index in [1.54, 1.807) is 0 Å². The lowest BCUT2D eigenvalue weighted by Crippen LogP contribution is -2.28. The number of aryl methyl sites for hydroxylation is 1. The number of carbonyl (C=O) groups excluding carboxylic acids is 1. The molecule has 0 saturated heterocycles. The number of nitrogens with one attached hydrogen (secondary N) is 1. The first-order valence-electron chi connectivity index (χ1n) is 15.0. The first kappa shape index (κ1) is 24.3. The molecule has 4 rings (SSSR count). The van der Waals surface area contributed by atoms with Gasteiger partial charge in [-0.25, -0.2) is 9.97 Å². The zero-order chi connectivity index (χ0) is 32.3. The molecule has 40 heavy (non-hydrogen) atoms. The molecule has 0 unspecified atom stereocenters. The Bertz CT molecular complexity index is 1620. The third-order valence-electron chi connectivity index (χ3n) is 6.29. The van der Waals surface area contributed by atoms with Gasteiger partial charge in [0, 0.05) is 30.5 Å². The molecule has 214 valence electrons. The van der Waals surface area contributed by atoms with Gasteiger partial charge < -0.3 is 9.69 Å². The lowest BCUT2D eigenvalue weighted by Gasteiger charge is -2.24. The molecule has 0 atom stereocenters. The van der Waals surface area contributed by atoms with Gasteiger partial charge in [0.15, 0.2) is 5.03 Å². The quantitative estimate of drug-likeness (QED) is 0.373. The summed E-state index contributed by atoms with van der Waals surface area (Å²) in [6.45, 7) is -0.557. The highest BCUT2D eigenvalue weighted by molar-refractivity contribution is 7.92. The highest BCUT2D eigenvalue weighted by Gasteiger charge is 2.35. The minimum Gasteiger partial charge on any atom is -0.357 e. The number of hydrogen-bond donors (Lipinski definition) is 1. The number of alkyl halides is 3. The van der Waals surface area contributed by atoms with Gasteiger partial charge in [-0.05, 0) is 62.4 Å². The topological polar surface area (TPSA) is 92.3 Å². The van der Waals surface area contributed by atoms with Crippen LogP contribution in [0.3, 0.4) is 0 Å². The van der Waals surface area contributed by atoms with Crippen molar-refractivity contribution >= 4 is 27.4 Å². The Labute approximate surface area is 238 Å². The van der Waals surface area contributed by atoms with Crippen LogP contribution in [0, 0.1) is 0 Å². The summed E-state index contributed by atoms with van der Waals surface area (Å²) >= 11 is 0. The summed E-state index contributed by atoms with van der Waals surface area (Å²) in [6.07, 6.45) is -5.09. The first-order valence-corrected chi connectivity index (χ1v) is 14.4. The van der Waals surface area contributed by atoms with E-state index in [1.165, 1.54) is 54.3 Å². The Hall–Kier alpha value is -3.47. The van der Waals surface area contributed by atoms with E-state index in [2.05, 4.69) is 14.7 Å². The van der Waals surface area contributed by atoms with Crippen LogP contribution in [0.15, 0.2) is 59.6 Å². The van der Waals surface area contributed by atoms with E-state index in [0.717, 1.165) is 6.07 Å². The molecule has 0 fully saturated rings. The normalized spacial score (nSPS) is 19.4. The van der Waals surface area contributed by atoms with Gasteiger partial charge in [0.2, 0.25) is 0 Å². The zero-order valence-corrected chi connectivity index (χ0v) is 22.8. The van der Waals surface area contributed by atoms with Gasteiger partial charge in [-0.1, -0.05) is 49.6 Å². The Morgan fingerprint density at radius 2 is 1.77 bits per heavy atom. The molecular weight excluding hydrogens is 541 g/mol. The predicted octanol–water partition coefficient (Wildman–Crippen LogP) is 6.65. The number of Topliss-reactive ketones (excluding diaryl/α,β-unsaturated/α-hetero) is 1. The van der Waals surface area contributed by atoms with E-state index in [-0.39, 0.29) is 48.5 Å². The number of aromatic nitrogens is 2. The van der Waals surface area contributed by atoms with Crippen LogP contribution in [-0.4, -0.2) is 37.2 Å². The fraction of sp³-hybridized carbons (Fsp3) is 0.414. The van der Waals surface area contributed by atoms with Gasteiger partial charge >= 0.3 is 6.18 Å². The number of nitrogens with zero attached hydrogens (tertiary/aromatic N) is 3. The maximum Gasteiger partial charge on any atom is 0.418 e. The number of halogens is 3. The fourth-order valence-electron chi connectivity index (χ4n) is 4.30. The van der Waals surface area contributed by atoms with E-state index < -0.39 is 51.2 Å². The summed E-state index contributed by atoms with van der Waals surface area (Å²) in [4.78, 5) is 21.2. The molecule has 0 amide bonds. The summed E-state index contributed by atoms with van der Waals surface area (Å²) in [5.74, 6) is -0.637. The fourth-order valence-corrected chi connectivity index (χ4v) is 5.27. The second-order valence-corrected chi connectivity index (χ2v) is 11.1. The molecule has 1 aliphatic heterocycles. The van der Waals surface area contributed by atoms with E-state index >= 15 is 0 Å². The molecule has 2 aromatic heterocycles. The Morgan fingerprint density at radius 1 is 1.02 bits per heavy atom. The number of ketones is 1. The molecule has 7 nitrogen and oxygen atoms in total. The number of hydrogen-bond acceptors (Lipinski definition) is 6. The highest BCUT2D eigenvalue weighted by atomic mass is 32.2. The summed E-state index contributed by atoms with van der Waals surface area (Å²) in [7, 11) is -4.52. The second-order valence-electron chi connectivity index (χ2n) is 9.43. The molecule has 1 aromatic carbocycles. The van der Waals surface area contributed by atoms with Crippen molar-refractivity contribution in [2.75, 3.05) is 22.7 Å². The zero-order valence-electron chi connectivity index (χ0n) is 26.0. The van der Waals surface area contributed by atoms with Crippen LogP contribution in [0.2, 0.25) is 0 Å². The Balaban J connectivity index is 1.85. The number of fused-ring (bicyclic) bond motifs is 6. The van der Waals surface area contributed by atoms with Crippen LogP contribution in [-0.2, 0) is 27.4 Å². The van der Waals surface area contributed by atoms with E-state index in [0.29, 0.717) is 31.7 Å². The molecule has 3 aromatic rings. The van der Waals surface area contributed by atoms with Crippen molar-refractivity contribution in [1.29, 1.82) is 0 Å². The highest BCUT2D eigenvalue weighted by Crippen LogP contribution is 2.38. The first-order chi connectivity index (χ1) is 20.5. The van der Waals surface area contributed by atoms with Crippen molar-refractivity contribution in [1.82, 2.24) is 9.97 Å². The van der Waals surface area contributed by atoms with Gasteiger partial charge in [-0.3, -0.25) is 4.72 Å². The molecule has 0 radical (unpaired) electrons. The number of pyridine rings is 2. The third kappa shape index (κ3) is 7.59. The number of carbonyl (C=O) groups is 1. The summed E-state index contributed by atoms with van der Waals surface area (Å²) < 4.78 is 106. The summed E-state index contributed by atoms with van der Waals surface area (Å²) in [6, 6.07) is 11.3. The predicted molar refractivity (Wildman–Crippen MR) is 149 cm³/mol. The summed E-state index contributed by atoms with van der Waals surface area (Å²) in [5.41, 5.74) is -1.87. The van der Waals surface area contributed by atoms with Crippen molar-refractivity contribution in [3.8, 4) is 11.3 Å². The maximum atomic E-state index is 14.1. The molecule has 4 bridgehead atoms. The van der Waals surface area contributed by atoms with Crippen molar-refractivity contribution in [3.63, 3.8) is 0 Å². The average molecular weight is 579 g/mol. The number of sulfonamides is 1. The van der Waals surface area contributed by atoms with Crippen molar-refractivity contribution in [2.45, 2.75) is 69.4 Å². The molecule has 3 heterocycles. The standard InChI is InChI=1S/C29H33F3N4O3S/c1-21(37)11-10-20-36-19-8-4-2-3-5-12-22-13-6-7-14-23(22)28-24(29(30,31)32)17-18-25(33-28)35-40(38,39)27-16-9-15-26(36)34-27/h6-7,9,13-18H,2-5,8,10-12,19-20H2,1H3,(H,33,35)/i12D2,20D2. The molecule has 1 aliphatic rings. The van der Waals surface area contributed by atoms with E-state index in [1.807, 2.05) is 0 Å². The van der Waals surface area contributed by atoms with Gasteiger partial charge in [0.25, 0.3) is 10.0 Å². The van der Waals surface area contributed by atoms with Crippen LogP contribution >= 0.6 is 0 Å². The maximum absolute atomic E-state index is 14.1. The van der Waals surface area contributed by atoms with Crippen LogP contribution in [0.25, 0.3) is 11.3 Å². The van der Waals surface area contributed by atoms with E-state index in [9.17, 15) is 26.4 Å². The molecule has 1 N–H and O–H groups in total. The largest absolute Gasteiger partial charge is 0.418 e. The lowest BCUT2D eigenvalue weighted by atomic mass is 9.96. The lowest BCUT2D eigenvalue weighted by molar-refractivity contribution is -0.137. The van der Waals surface area contributed by atoms with Gasteiger partial charge in [0.05, 0.1) is 11.3 Å². The van der Waals surface area contributed by atoms with Crippen molar-refractivity contribution < 1.29 is 31.9 Å².